The number of carbonyl (C=O) groups excluding carboxylic acids is 1. The summed E-state index contributed by atoms with van der Waals surface area (Å²) in [6.07, 6.45) is 0. The summed E-state index contributed by atoms with van der Waals surface area (Å²) in [5.41, 5.74) is 3.52. The summed E-state index contributed by atoms with van der Waals surface area (Å²) in [7, 11) is 3.26. The van der Waals surface area contributed by atoms with Crippen LogP contribution in [0.3, 0.4) is 0 Å². The number of benzene rings is 3. The quantitative estimate of drug-likeness (QED) is 0.275. The number of aromatic nitrogens is 1. The van der Waals surface area contributed by atoms with E-state index in [1.54, 1.807) is 19.1 Å². The standard InChI is InChI=1S/C28H31N3O3S/c1-5-30(6-2)18-19-31(28-29-25-23(33-3)16-17-24(34-4)26(25)35-28)27(32)22-14-12-21(13-15-22)20-10-8-7-9-11-20/h7-17H,5-6,18-19H2,1-4H3. The summed E-state index contributed by atoms with van der Waals surface area (Å²) >= 11 is 1.45. The van der Waals surface area contributed by atoms with E-state index >= 15 is 0 Å². The number of nitrogens with zero attached hydrogens (tertiary/aromatic N) is 3. The molecule has 6 nitrogen and oxygen atoms in total. The summed E-state index contributed by atoms with van der Waals surface area (Å²) < 4.78 is 11.9. The maximum absolute atomic E-state index is 13.8. The van der Waals surface area contributed by atoms with E-state index in [0.29, 0.717) is 34.3 Å². The zero-order chi connectivity index (χ0) is 24.8. The summed E-state index contributed by atoms with van der Waals surface area (Å²) in [6, 6.07) is 21.6. The molecule has 0 atom stereocenters. The molecule has 3 aromatic carbocycles. The molecule has 182 valence electrons. The zero-order valence-corrected chi connectivity index (χ0v) is 21.5. The smallest absolute Gasteiger partial charge is 0.260 e. The molecule has 4 aromatic rings. The van der Waals surface area contributed by atoms with E-state index in [1.165, 1.54) is 11.3 Å². The van der Waals surface area contributed by atoms with Gasteiger partial charge in [-0.2, -0.15) is 0 Å². The van der Waals surface area contributed by atoms with Gasteiger partial charge in [-0.3, -0.25) is 9.69 Å². The maximum atomic E-state index is 13.8. The molecule has 7 heteroatoms. The fraction of sp³-hybridized carbons (Fsp3) is 0.286. The molecule has 35 heavy (non-hydrogen) atoms. The number of methoxy groups -OCH3 is 2. The van der Waals surface area contributed by atoms with Gasteiger partial charge in [0.05, 0.1) is 14.2 Å². The summed E-state index contributed by atoms with van der Waals surface area (Å²) in [4.78, 5) is 22.7. The van der Waals surface area contributed by atoms with Gasteiger partial charge in [0, 0.05) is 18.7 Å². The second-order valence-electron chi connectivity index (χ2n) is 8.07. The molecule has 0 saturated carbocycles. The largest absolute Gasteiger partial charge is 0.495 e. The highest BCUT2D eigenvalue weighted by molar-refractivity contribution is 7.22. The average molecular weight is 490 g/mol. The Labute approximate surface area is 210 Å². The Bertz CT molecular complexity index is 1230. The van der Waals surface area contributed by atoms with Crippen molar-refractivity contribution in [2.75, 3.05) is 45.3 Å². The maximum Gasteiger partial charge on any atom is 0.260 e. The SMILES string of the molecule is CCN(CC)CCN(C(=O)c1ccc(-c2ccccc2)cc1)c1nc2c(OC)ccc(OC)c2s1. The highest BCUT2D eigenvalue weighted by Gasteiger charge is 2.24. The molecule has 1 aromatic heterocycles. The molecule has 0 bridgehead atoms. The van der Waals surface area contributed by atoms with Crippen molar-refractivity contribution in [3.8, 4) is 22.6 Å². The second-order valence-corrected chi connectivity index (χ2v) is 9.05. The lowest BCUT2D eigenvalue weighted by Gasteiger charge is -2.24. The average Bonchev–Trinajstić information content (AvgIpc) is 3.36. The minimum atomic E-state index is -0.0752. The van der Waals surface area contributed by atoms with E-state index in [4.69, 9.17) is 14.5 Å². The van der Waals surface area contributed by atoms with Crippen LogP contribution in [0, 0.1) is 0 Å². The molecule has 4 rings (SSSR count). The van der Waals surface area contributed by atoms with Crippen LogP contribution >= 0.6 is 11.3 Å². The second kappa shape index (κ2) is 11.3. The van der Waals surface area contributed by atoms with Gasteiger partial charge < -0.3 is 14.4 Å². The Balaban J connectivity index is 1.71. The highest BCUT2D eigenvalue weighted by Crippen LogP contribution is 2.40. The first-order chi connectivity index (χ1) is 17.1. The van der Waals surface area contributed by atoms with Gasteiger partial charge in [-0.1, -0.05) is 67.6 Å². The number of hydrogen-bond acceptors (Lipinski definition) is 6. The van der Waals surface area contributed by atoms with Crippen molar-refractivity contribution >= 4 is 32.6 Å². The normalized spacial score (nSPS) is 11.1. The van der Waals surface area contributed by atoms with Gasteiger partial charge in [-0.15, -0.1) is 0 Å². The number of likely N-dealkylation sites (N-methyl/N-ethyl adjacent to an activating group) is 1. The molecule has 0 unspecified atom stereocenters. The van der Waals surface area contributed by atoms with Gasteiger partial charge in [-0.25, -0.2) is 4.98 Å². The molecule has 0 spiro atoms. The molecular weight excluding hydrogens is 458 g/mol. The van der Waals surface area contributed by atoms with Gasteiger partial charge in [0.1, 0.15) is 21.7 Å². The van der Waals surface area contributed by atoms with Crippen LogP contribution in [0.2, 0.25) is 0 Å². The van der Waals surface area contributed by atoms with Gasteiger partial charge in [-0.05, 0) is 48.5 Å². The molecule has 0 aliphatic rings. The summed E-state index contributed by atoms with van der Waals surface area (Å²) in [5, 5.41) is 0.632. The third-order valence-corrected chi connectivity index (χ3v) is 7.24. The lowest BCUT2D eigenvalue weighted by Crippen LogP contribution is -2.38. The van der Waals surface area contributed by atoms with E-state index in [0.717, 1.165) is 35.5 Å². The third-order valence-electron chi connectivity index (χ3n) is 6.15. The molecule has 0 aliphatic carbocycles. The van der Waals surface area contributed by atoms with Crippen LogP contribution in [0.4, 0.5) is 5.13 Å². The number of rotatable bonds is 10. The van der Waals surface area contributed by atoms with Gasteiger partial charge in [0.15, 0.2) is 5.13 Å². The molecule has 0 N–H and O–H groups in total. The van der Waals surface area contributed by atoms with Gasteiger partial charge >= 0.3 is 0 Å². The Hall–Kier alpha value is -3.42. The summed E-state index contributed by atoms with van der Waals surface area (Å²) in [5.74, 6) is 1.30. The van der Waals surface area contributed by atoms with Crippen LogP contribution < -0.4 is 14.4 Å². The van der Waals surface area contributed by atoms with Gasteiger partial charge in [0.25, 0.3) is 5.91 Å². The van der Waals surface area contributed by atoms with Crippen LogP contribution in [-0.4, -0.2) is 56.2 Å². The fourth-order valence-corrected chi connectivity index (χ4v) is 5.15. The lowest BCUT2D eigenvalue weighted by atomic mass is 10.0. The molecule has 0 aliphatic heterocycles. The first kappa shape index (κ1) is 24.7. The Morgan fingerprint density at radius 2 is 1.46 bits per heavy atom. The van der Waals surface area contributed by atoms with E-state index in [9.17, 15) is 4.79 Å². The summed E-state index contributed by atoms with van der Waals surface area (Å²) in [6.45, 7) is 7.39. The monoisotopic (exact) mass is 489 g/mol. The fourth-order valence-electron chi connectivity index (χ4n) is 4.05. The van der Waals surface area contributed by atoms with Crippen molar-refractivity contribution in [2.45, 2.75) is 13.8 Å². The number of amides is 1. The Morgan fingerprint density at radius 1 is 0.829 bits per heavy atom. The predicted molar refractivity (Wildman–Crippen MR) is 144 cm³/mol. The van der Waals surface area contributed by atoms with Crippen molar-refractivity contribution < 1.29 is 14.3 Å². The lowest BCUT2D eigenvalue weighted by molar-refractivity contribution is 0.0984. The van der Waals surface area contributed by atoms with Crippen molar-refractivity contribution in [1.82, 2.24) is 9.88 Å². The number of carbonyl (C=O) groups is 1. The van der Waals surface area contributed by atoms with Crippen LogP contribution in [0.15, 0.2) is 66.7 Å². The Kier molecular flexibility index (Phi) is 8.00. The minimum Gasteiger partial charge on any atom is -0.495 e. The zero-order valence-electron chi connectivity index (χ0n) is 20.7. The first-order valence-corrected chi connectivity index (χ1v) is 12.6. The predicted octanol–water partition coefficient (Wildman–Crippen LogP) is 5.97. The Morgan fingerprint density at radius 3 is 2.09 bits per heavy atom. The van der Waals surface area contributed by atoms with Crippen molar-refractivity contribution in [1.29, 1.82) is 0 Å². The molecule has 1 amide bonds. The molecular formula is C28H31N3O3S. The molecule has 1 heterocycles. The number of hydrogen-bond donors (Lipinski definition) is 0. The van der Waals surface area contributed by atoms with Crippen LogP contribution in [0.25, 0.3) is 21.3 Å². The minimum absolute atomic E-state index is 0.0752. The third kappa shape index (κ3) is 5.31. The number of ether oxygens (including phenoxy) is 2. The van der Waals surface area contributed by atoms with Crippen LogP contribution in [-0.2, 0) is 0 Å². The number of fused-ring (bicyclic) bond motifs is 1. The topological polar surface area (TPSA) is 54.9 Å². The molecule has 0 radical (unpaired) electrons. The van der Waals surface area contributed by atoms with Crippen molar-refractivity contribution in [3.63, 3.8) is 0 Å². The van der Waals surface area contributed by atoms with E-state index in [1.807, 2.05) is 54.6 Å². The van der Waals surface area contributed by atoms with E-state index < -0.39 is 0 Å². The van der Waals surface area contributed by atoms with E-state index in [-0.39, 0.29) is 5.91 Å². The van der Waals surface area contributed by atoms with E-state index in [2.05, 4.69) is 30.9 Å². The molecule has 0 saturated heterocycles. The van der Waals surface area contributed by atoms with Crippen molar-refractivity contribution in [2.24, 2.45) is 0 Å². The number of thiazole rings is 1. The molecule has 0 fully saturated rings. The highest BCUT2D eigenvalue weighted by atomic mass is 32.1. The first-order valence-electron chi connectivity index (χ1n) is 11.8. The van der Waals surface area contributed by atoms with Gasteiger partial charge in [0.2, 0.25) is 0 Å². The van der Waals surface area contributed by atoms with Crippen molar-refractivity contribution in [3.05, 3.63) is 72.3 Å². The van der Waals surface area contributed by atoms with Crippen LogP contribution in [0.5, 0.6) is 11.5 Å². The van der Waals surface area contributed by atoms with Crippen LogP contribution in [0.1, 0.15) is 24.2 Å². The number of anilines is 1.